The van der Waals surface area contributed by atoms with Crippen LogP contribution in [-0.4, -0.2) is 37.6 Å². The summed E-state index contributed by atoms with van der Waals surface area (Å²) in [5.74, 6) is -0.514. The quantitative estimate of drug-likeness (QED) is 0.400. The van der Waals surface area contributed by atoms with E-state index >= 15 is 0 Å². The van der Waals surface area contributed by atoms with Crippen molar-refractivity contribution in [3.8, 4) is 22.5 Å². The van der Waals surface area contributed by atoms with Crippen LogP contribution in [0.4, 0.5) is 5.69 Å². The van der Waals surface area contributed by atoms with Crippen LogP contribution in [0.5, 0.6) is 0 Å². The second-order valence-electron chi connectivity index (χ2n) is 6.58. The van der Waals surface area contributed by atoms with Crippen LogP contribution in [0.1, 0.15) is 23.7 Å². The van der Waals surface area contributed by atoms with Gasteiger partial charge in [-0.3, -0.25) is 4.79 Å². The third kappa shape index (κ3) is 3.60. The van der Waals surface area contributed by atoms with Gasteiger partial charge in [-0.1, -0.05) is 31.2 Å². The maximum absolute atomic E-state index is 12.2. The Morgan fingerprint density at radius 3 is 2.62 bits per heavy atom. The molecule has 0 radical (unpaired) electrons. The van der Waals surface area contributed by atoms with Crippen LogP contribution in [-0.2, 0) is 0 Å². The lowest BCUT2D eigenvalue weighted by Gasteiger charge is -2.14. The highest BCUT2D eigenvalue weighted by molar-refractivity contribution is 5.89. The summed E-state index contributed by atoms with van der Waals surface area (Å²) in [7, 11) is 0. The van der Waals surface area contributed by atoms with E-state index in [0.29, 0.717) is 11.5 Å². The highest BCUT2D eigenvalue weighted by Gasteiger charge is 2.12. The normalized spacial score (nSPS) is 10.9. The lowest BCUT2D eigenvalue weighted by molar-refractivity contribution is 0.0697. The Morgan fingerprint density at radius 1 is 1.14 bits per heavy atom. The number of aromatic nitrogens is 4. The number of aromatic carboxylic acids is 1. The number of nitrogens with one attached hydrogen (secondary N) is 3. The van der Waals surface area contributed by atoms with Crippen LogP contribution in [0.25, 0.3) is 33.7 Å². The molecule has 0 spiro atoms. The van der Waals surface area contributed by atoms with Crippen LogP contribution in [0.3, 0.4) is 0 Å². The number of imidazole rings is 1. The molecular formula is C21H19N5O3. The predicted octanol–water partition coefficient (Wildman–Crippen LogP) is 3.50. The van der Waals surface area contributed by atoms with Gasteiger partial charge >= 0.3 is 5.97 Å². The fraction of sp³-hybridized carbons (Fsp3) is 0.143. The van der Waals surface area contributed by atoms with E-state index in [1.165, 1.54) is 6.33 Å². The van der Waals surface area contributed by atoms with E-state index in [-0.39, 0.29) is 16.6 Å². The topological polar surface area (TPSA) is 124 Å². The number of carboxylic acids is 1. The van der Waals surface area contributed by atoms with E-state index in [2.05, 4.69) is 32.2 Å². The number of carbonyl (C=O) groups is 1. The summed E-state index contributed by atoms with van der Waals surface area (Å²) < 4.78 is 0. The minimum Gasteiger partial charge on any atom is -0.478 e. The van der Waals surface area contributed by atoms with Crippen LogP contribution in [0.2, 0.25) is 0 Å². The SMILES string of the molecule is CCCNc1cc(-c2nc3[nH]cnc3c(=O)[nH]2)ccc1-c1ccc(C(=O)O)cc1. The van der Waals surface area contributed by atoms with Gasteiger partial charge in [-0.25, -0.2) is 14.8 Å². The first-order valence-corrected chi connectivity index (χ1v) is 9.22. The number of nitrogens with zero attached hydrogens (tertiary/aromatic N) is 2. The van der Waals surface area contributed by atoms with Gasteiger partial charge in [0.25, 0.3) is 5.56 Å². The van der Waals surface area contributed by atoms with E-state index in [0.717, 1.165) is 35.3 Å². The third-order valence-corrected chi connectivity index (χ3v) is 4.59. The number of benzene rings is 2. The van der Waals surface area contributed by atoms with Gasteiger partial charge in [-0.15, -0.1) is 0 Å². The number of hydrogen-bond acceptors (Lipinski definition) is 5. The van der Waals surface area contributed by atoms with Gasteiger partial charge in [0.05, 0.1) is 11.9 Å². The fourth-order valence-electron chi connectivity index (χ4n) is 3.12. The molecule has 0 aliphatic carbocycles. The Balaban J connectivity index is 1.79. The van der Waals surface area contributed by atoms with Gasteiger partial charge < -0.3 is 20.4 Å². The minimum atomic E-state index is -0.958. The summed E-state index contributed by atoms with van der Waals surface area (Å²) in [4.78, 5) is 37.4. The number of aromatic amines is 2. The molecule has 0 bridgehead atoms. The van der Waals surface area contributed by atoms with Crippen molar-refractivity contribution >= 4 is 22.8 Å². The molecule has 2 aromatic carbocycles. The summed E-state index contributed by atoms with van der Waals surface area (Å²) in [6, 6.07) is 12.5. The molecule has 2 aromatic heterocycles. The number of rotatable bonds is 6. The summed E-state index contributed by atoms with van der Waals surface area (Å²) in [6.45, 7) is 2.84. The highest BCUT2D eigenvalue weighted by Crippen LogP contribution is 2.32. The number of hydrogen-bond donors (Lipinski definition) is 4. The van der Waals surface area contributed by atoms with Crippen molar-refractivity contribution in [2.24, 2.45) is 0 Å². The van der Waals surface area contributed by atoms with E-state index in [9.17, 15) is 9.59 Å². The van der Waals surface area contributed by atoms with Crippen LogP contribution >= 0.6 is 0 Å². The maximum atomic E-state index is 12.2. The number of fused-ring (bicyclic) bond motifs is 1. The van der Waals surface area contributed by atoms with Crippen molar-refractivity contribution in [3.05, 3.63) is 64.7 Å². The largest absolute Gasteiger partial charge is 0.478 e. The van der Waals surface area contributed by atoms with E-state index in [1.807, 2.05) is 18.2 Å². The smallest absolute Gasteiger partial charge is 0.335 e. The van der Waals surface area contributed by atoms with E-state index < -0.39 is 5.97 Å². The minimum absolute atomic E-state index is 0.239. The molecule has 4 rings (SSSR count). The zero-order valence-corrected chi connectivity index (χ0v) is 15.7. The monoisotopic (exact) mass is 389 g/mol. The fourth-order valence-corrected chi connectivity index (χ4v) is 3.12. The summed E-state index contributed by atoms with van der Waals surface area (Å²) in [5, 5.41) is 12.5. The Bertz CT molecular complexity index is 1240. The molecule has 0 atom stereocenters. The van der Waals surface area contributed by atoms with E-state index in [1.54, 1.807) is 24.3 Å². The molecule has 8 nitrogen and oxygen atoms in total. The molecular weight excluding hydrogens is 370 g/mol. The molecule has 146 valence electrons. The molecule has 2 heterocycles. The van der Waals surface area contributed by atoms with E-state index in [4.69, 9.17) is 5.11 Å². The molecule has 0 saturated carbocycles. The number of anilines is 1. The molecule has 0 fully saturated rings. The first kappa shape index (κ1) is 18.4. The van der Waals surface area contributed by atoms with Gasteiger partial charge in [-0.05, 0) is 30.2 Å². The Morgan fingerprint density at radius 2 is 1.90 bits per heavy atom. The first-order chi connectivity index (χ1) is 14.1. The molecule has 4 N–H and O–H groups in total. The molecule has 8 heteroatoms. The van der Waals surface area contributed by atoms with Gasteiger partial charge in [0.15, 0.2) is 11.2 Å². The second kappa shape index (κ2) is 7.59. The summed E-state index contributed by atoms with van der Waals surface area (Å²) in [6.07, 6.45) is 2.38. The number of H-pyrrole nitrogens is 2. The third-order valence-electron chi connectivity index (χ3n) is 4.59. The molecule has 0 unspecified atom stereocenters. The maximum Gasteiger partial charge on any atom is 0.335 e. The zero-order valence-electron chi connectivity index (χ0n) is 15.7. The molecule has 4 aromatic rings. The second-order valence-corrected chi connectivity index (χ2v) is 6.58. The van der Waals surface area contributed by atoms with Crippen molar-refractivity contribution in [2.75, 3.05) is 11.9 Å². The number of carboxylic acid groups (broad SMARTS) is 1. The standard InChI is InChI=1S/C21H19N5O3/c1-2-9-22-16-10-14(18-25-19-17(20(27)26-18)23-11-24-19)7-8-15(16)12-3-5-13(6-4-12)21(28)29/h3-8,10-11,22H,2,9H2,1H3,(H,28,29)(H2,23,24,25,26,27). The summed E-state index contributed by atoms with van der Waals surface area (Å²) in [5.41, 5.74) is 4.09. The average Bonchev–Trinajstić information content (AvgIpc) is 3.21. The summed E-state index contributed by atoms with van der Waals surface area (Å²) >= 11 is 0. The molecule has 0 aliphatic heterocycles. The van der Waals surface area contributed by atoms with Crippen LogP contribution < -0.4 is 10.9 Å². The van der Waals surface area contributed by atoms with Crippen LogP contribution in [0, 0.1) is 0 Å². The van der Waals surface area contributed by atoms with Crippen molar-refractivity contribution < 1.29 is 9.90 Å². The zero-order chi connectivity index (χ0) is 20.4. The van der Waals surface area contributed by atoms with Gasteiger partial charge in [0.1, 0.15) is 5.82 Å². The van der Waals surface area contributed by atoms with Crippen LogP contribution in [0.15, 0.2) is 53.6 Å². The Labute approximate surface area is 165 Å². The molecule has 0 amide bonds. The molecule has 0 saturated heterocycles. The van der Waals surface area contributed by atoms with Crippen molar-refractivity contribution in [2.45, 2.75) is 13.3 Å². The molecule has 29 heavy (non-hydrogen) atoms. The van der Waals surface area contributed by atoms with Crippen molar-refractivity contribution in [1.82, 2.24) is 19.9 Å². The highest BCUT2D eigenvalue weighted by atomic mass is 16.4. The Kier molecular flexibility index (Phi) is 4.82. The Hall–Kier alpha value is -3.94. The lowest BCUT2D eigenvalue weighted by atomic mass is 9.99. The lowest BCUT2D eigenvalue weighted by Crippen LogP contribution is -2.10. The van der Waals surface area contributed by atoms with Gasteiger partial charge in [-0.2, -0.15) is 0 Å². The predicted molar refractivity (Wildman–Crippen MR) is 111 cm³/mol. The average molecular weight is 389 g/mol. The van der Waals surface area contributed by atoms with Gasteiger partial charge in [0, 0.05) is 23.4 Å². The van der Waals surface area contributed by atoms with Crippen molar-refractivity contribution in [3.63, 3.8) is 0 Å². The van der Waals surface area contributed by atoms with Crippen molar-refractivity contribution in [1.29, 1.82) is 0 Å². The molecule has 0 aliphatic rings. The first-order valence-electron chi connectivity index (χ1n) is 9.22. The van der Waals surface area contributed by atoms with Gasteiger partial charge in [0.2, 0.25) is 0 Å².